The number of nitrogen functional groups attached to an aromatic ring is 1. The summed E-state index contributed by atoms with van der Waals surface area (Å²) in [6, 6.07) is 8.47. The van der Waals surface area contributed by atoms with Crippen molar-refractivity contribution in [3.8, 4) is 0 Å². The summed E-state index contributed by atoms with van der Waals surface area (Å²) in [4.78, 5) is 14.8. The molecule has 0 aliphatic carbocycles. The SMILES string of the molecule is Nc1ccc(N2CCOCC2)cc1C(=O)Nc1cc(Cl)c(Cl)c(Cl)c1. The second-order valence-corrected chi connectivity index (χ2v) is 6.77. The molecule has 3 N–H and O–H groups in total. The maximum Gasteiger partial charge on any atom is 0.257 e. The molecule has 5 nitrogen and oxygen atoms in total. The lowest BCUT2D eigenvalue weighted by molar-refractivity contribution is 0.102. The number of nitrogens with one attached hydrogen (secondary N) is 1. The minimum atomic E-state index is -0.345. The molecule has 1 saturated heterocycles. The number of nitrogens with zero attached hydrogens (tertiary/aromatic N) is 1. The molecule has 8 heteroatoms. The highest BCUT2D eigenvalue weighted by Gasteiger charge is 2.17. The van der Waals surface area contributed by atoms with Gasteiger partial charge < -0.3 is 20.7 Å². The van der Waals surface area contributed by atoms with Gasteiger partial charge in [-0.15, -0.1) is 0 Å². The highest BCUT2D eigenvalue weighted by atomic mass is 35.5. The fraction of sp³-hybridized carbons (Fsp3) is 0.235. The van der Waals surface area contributed by atoms with E-state index in [1.54, 1.807) is 12.1 Å². The summed E-state index contributed by atoms with van der Waals surface area (Å²) in [5, 5.41) is 3.52. The largest absolute Gasteiger partial charge is 0.398 e. The summed E-state index contributed by atoms with van der Waals surface area (Å²) in [7, 11) is 0. The minimum absolute atomic E-state index is 0.246. The molecule has 1 fully saturated rings. The zero-order chi connectivity index (χ0) is 18.0. The number of hydrogen-bond acceptors (Lipinski definition) is 4. The van der Waals surface area contributed by atoms with Gasteiger partial charge in [-0.3, -0.25) is 4.79 Å². The number of halogens is 3. The van der Waals surface area contributed by atoms with Crippen LogP contribution in [0.1, 0.15) is 10.4 Å². The van der Waals surface area contributed by atoms with Crippen LogP contribution >= 0.6 is 34.8 Å². The summed E-state index contributed by atoms with van der Waals surface area (Å²) in [6.07, 6.45) is 0. The van der Waals surface area contributed by atoms with Crippen molar-refractivity contribution in [2.75, 3.05) is 42.3 Å². The Kier molecular flexibility index (Phi) is 5.59. The van der Waals surface area contributed by atoms with Crippen LogP contribution in [-0.4, -0.2) is 32.2 Å². The van der Waals surface area contributed by atoms with Gasteiger partial charge in [0.25, 0.3) is 5.91 Å². The lowest BCUT2D eigenvalue weighted by atomic mass is 10.1. The van der Waals surface area contributed by atoms with E-state index in [4.69, 9.17) is 45.3 Å². The number of hydrogen-bond donors (Lipinski definition) is 2. The van der Waals surface area contributed by atoms with Crippen LogP contribution in [0.4, 0.5) is 17.1 Å². The van der Waals surface area contributed by atoms with E-state index in [0.717, 1.165) is 18.8 Å². The average Bonchev–Trinajstić information content (AvgIpc) is 2.60. The average molecular weight is 401 g/mol. The third kappa shape index (κ3) is 4.12. The van der Waals surface area contributed by atoms with Crippen LogP contribution in [0, 0.1) is 0 Å². The molecule has 3 rings (SSSR count). The van der Waals surface area contributed by atoms with E-state index < -0.39 is 0 Å². The van der Waals surface area contributed by atoms with E-state index in [1.807, 2.05) is 6.07 Å². The van der Waals surface area contributed by atoms with E-state index >= 15 is 0 Å². The molecule has 0 aromatic heterocycles. The Bertz CT molecular complexity index is 785. The Labute approximate surface area is 160 Å². The lowest BCUT2D eigenvalue weighted by Gasteiger charge is -2.29. The zero-order valence-corrected chi connectivity index (χ0v) is 15.5. The summed E-state index contributed by atoms with van der Waals surface area (Å²) >= 11 is 17.9. The van der Waals surface area contributed by atoms with E-state index in [9.17, 15) is 4.79 Å². The van der Waals surface area contributed by atoms with E-state index in [0.29, 0.717) is 30.2 Å². The molecule has 0 atom stereocenters. The molecule has 1 aliphatic heterocycles. The van der Waals surface area contributed by atoms with E-state index in [-0.39, 0.29) is 21.0 Å². The van der Waals surface area contributed by atoms with Crippen LogP contribution in [0.15, 0.2) is 30.3 Å². The molecule has 1 heterocycles. The quantitative estimate of drug-likeness (QED) is 0.595. The standard InChI is InChI=1S/C17H16Cl3N3O2/c18-13-7-10(8-14(19)16(13)20)22-17(24)12-9-11(1-2-15(12)21)23-3-5-25-6-4-23/h1-2,7-9H,3-6,21H2,(H,22,24). The first-order chi connectivity index (χ1) is 12.0. The normalized spacial score (nSPS) is 14.4. The van der Waals surface area contributed by atoms with Crippen LogP contribution in [0.3, 0.4) is 0 Å². The van der Waals surface area contributed by atoms with Crippen molar-refractivity contribution in [3.05, 3.63) is 51.0 Å². The van der Waals surface area contributed by atoms with E-state index in [2.05, 4.69) is 10.2 Å². The molecule has 1 aliphatic rings. The maximum absolute atomic E-state index is 12.6. The first-order valence-electron chi connectivity index (χ1n) is 7.64. The topological polar surface area (TPSA) is 67.6 Å². The van der Waals surface area contributed by atoms with Crippen molar-refractivity contribution in [2.24, 2.45) is 0 Å². The van der Waals surface area contributed by atoms with Crippen molar-refractivity contribution >= 4 is 57.8 Å². The molecule has 2 aromatic carbocycles. The fourth-order valence-corrected chi connectivity index (χ4v) is 3.18. The maximum atomic E-state index is 12.6. The van der Waals surface area contributed by atoms with Crippen LogP contribution < -0.4 is 16.0 Å². The van der Waals surface area contributed by atoms with Crippen molar-refractivity contribution in [1.82, 2.24) is 0 Å². The van der Waals surface area contributed by atoms with Gasteiger partial charge in [-0.25, -0.2) is 0 Å². The van der Waals surface area contributed by atoms with Gasteiger partial charge >= 0.3 is 0 Å². The van der Waals surface area contributed by atoms with Gasteiger partial charge in [0.1, 0.15) is 0 Å². The van der Waals surface area contributed by atoms with Gasteiger partial charge in [0.2, 0.25) is 0 Å². The Balaban J connectivity index is 1.84. The number of amides is 1. The van der Waals surface area contributed by atoms with Gasteiger partial charge in [0.05, 0.1) is 33.8 Å². The van der Waals surface area contributed by atoms with Crippen LogP contribution in [0.25, 0.3) is 0 Å². The summed E-state index contributed by atoms with van der Waals surface area (Å²) < 4.78 is 5.35. The number of carbonyl (C=O) groups excluding carboxylic acids is 1. The summed E-state index contributed by atoms with van der Waals surface area (Å²) in [6.45, 7) is 2.86. The molecular formula is C17H16Cl3N3O2. The Morgan fingerprint density at radius 1 is 1.08 bits per heavy atom. The van der Waals surface area contributed by atoms with Gasteiger partial charge in [0.15, 0.2) is 0 Å². The summed E-state index contributed by atoms with van der Waals surface area (Å²) in [5.41, 5.74) is 8.12. The Morgan fingerprint density at radius 3 is 2.36 bits per heavy atom. The van der Waals surface area contributed by atoms with Gasteiger partial charge in [-0.1, -0.05) is 34.8 Å². The number of carbonyl (C=O) groups is 1. The molecule has 25 heavy (non-hydrogen) atoms. The molecule has 0 radical (unpaired) electrons. The molecule has 0 unspecified atom stereocenters. The van der Waals surface area contributed by atoms with Gasteiger partial charge in [-0.2, -0.15) is 0 Å². The number of benzene rings is 2. The fourth-order valence-electron chi connectivity index (χ4n) is 2.59. The molecule has 132 valence electrons. The molecule has 0 spiro atoms. The molecule has 1 amide bonds. The zero-order valence-electron chi connectivity index (χ0n) is 13.2. The molecular weight excluding hydrogens is 385 g/mol. The summed E-state index contributed by atoms with van der Waals surface area (Å²) in [5.74, 6) is -0.345. The van der Waals surface area contributed by atoms with Gasteiger partial charge in [0, 0.05) is 30.2 Å². The van der Waals surface area contributed by atoms with Crippen LogP contribution in [0.2, 0.25) is 15.1 Å². The first kappa shape index (κ1) is 18.1. The number of morpholine rings is 1. The van der Waals surface area contributed by atoms with Crippen molar-refractivity contribution in [3.63, 3.8) is 0 Å². The smallest absolute Gasteiger partial charge is 0.257 e. The van der Waals surface area contributed by atoms with Crippen molar-refractivity contribution < 1.29 is 9.53 Å². The third-order valence-corrected chi connectivity index (χ3v) is 5.10. The highest BCUT2D eigenvalue weighted by molar-refractivity contribution is 6.48. The Morgan fingerprint density at radius 2 is 1.72 bits per heavy atom. The predicted molar refractivity (Wildman–Crippen MR) is 103 cm³/mol. The number of anilines is 3. The number of ether oxygens (including phenoxy) is 1. The second-order valence-electron chi connectivity index (χ2n) is 5.58. The molecule has 0 bridgehead atoms. The molecule has 0 saturated carbocycles. The lowest BCUT2D eigenvalue weighted by Crippen LogP contribution is -2.36. The van der Waals surface area contributed by atoms with E-state index in [1.165, 1.54) is 12.1 Å². The highest BCUT2D eigenvalue weighted by Crippen LogP contribution is 2.33. The third-order valence-electron chi connectivity index (χ3n) is 3.90. The van der Waals surface area contributed by atoms with Gasteiger partial charge in [-0.05, 0) is 30.3 Å². The minimum Gasteiger partial charge on any atom is -0.398 e. The second kappa shape index (κ2) is 7.70. The number of rotatable bonds is 3. The monoisotopic (exact) mass is 399 g/mol. The number of nitrogens with two attached hydrogens (primary N) is 1. The van der Waals surface area contributed by atoms with Crippen molar-refractivity contribution in [1.29, 1.82) is 0 Å². The Hall–Kier alpha value is -1.66. The van der Waals surface area contributed by atoms with Crippen LogP contribution in [0.5, 0.6) is 0 Å². The predicted octanol–water partition coefficient (Wildman–Crippen LogP) is 4.32. The van der Waals surface area contributed by atoms with Crippen molar-refractivity contribution in [2.45, 2.75) is 0 Å². The van der Waals surface area contributed by atoms with Crippen LogP contribution in [-0.2, 0) is 4.74 Å². The molecule has 2 aromatic rings. The first-order valence-corrected chi connectivity index (χ1v) is 8.77.